The Morgan fingerprint density at radius 1 is 1.44 bits per heavy atom. The van der Waals surface area contributed by atoms with E-state index in [1.807, 2.05) is 24.3 Å². The van der Waals surface area contributed by atoms with E-state index in [-0.39, 0.29) is 24.0 Å². The summed E-state index contributed by atoms with van der Waals surface area (Å²) in [5.41, 5.74) is 0.846. The quantitative estimate of drug-likeness (QED) is 0.380. The Balaban J connectivity index is 0.00000225. The Bertz CT molecular complexity index is 721. The molecule has 1 fully saturated rings. The lowest BCUT2D eigenvalue weighted by Crippen LogP contribution is -2.39. The number of guanidine groups is 1. The topological polar surface area (TPSA) is 75.3 Å². The Kier molecular flexibility index (Phi) is 7.49. The molecule has 0 spiro atoms. The van der Waals surface area contributed by atoms with Gasteiger partial charge in [-0.1, -0.05) is 35.8 Å². The molecular weight excluding hydrogens is 453 g/mol. The van der Waals surface area contributed by atoms with Crippen LogP contribution in [0.1, 0.15) is 26.2 Å². The van der Waals surface area contributed by atoms with Crippen LogP contribution in [0.5, 0.6) is 0 Å². The molecule has 2 unspecified atom stereocenters. The van der Waals surface area contributed by atoms with Crippen molar-refractivity contribution in [1.82, 2.24) is 20.8 Å². The van der Waals surface area contributed by atoms with E-state index in [0.29, 0.717) is 35.7 Å². The molecule has 2 N–H and O–H groups in total. The first-order valence-corrected chi connectivity index (χ1v) is 8.67. The second kappa shape index (κ2) is 9.38. The van der Waals surface area contributed by atoms with Crippen LogP contribution in [0.25, 0.3) is 11.4 Å². The van der Waals surface area contributed by atoms with Crippen molar-refractivity contribution >= 4 is 41.5 Å². The summed E-state index contributed by atoms with van der Waals surface area (Å²) in [6.07, 6.45) is 1.81. The maximum Gasteiger partial charge on any atom is 0.228 e. The first-order chi connectivity index (χ1) is 11.7. The summed E-state index contributed by atoms with van der Waals surface area (Å²) in [5, 5.41) is 11.3. The summed E-state index contributed by atoms with van der Waals surface area (Å²) in [5.74, 6) is 2.70. The highest BCUT2D eigenvalue weighted by molar-refractivity contribution is 14.0. The van der Waals surface area contributed by atoms with Crippen LogP contribution in [-0.4, -0.2) is 35.2 Å². The van der Waals surface area contributed by atoms with Gasteiger partial charge in [0.05, 0.1) is 6.54 Å². The third kappa shape index (κ3) is 5.85. The number of benzene rings is 1. The molecule has 0 saturated heterocycles. The third-order valence-electron chi connectivity index (χ3n) is 3.92. The molecule has 2 aromatic rings. The smallest absolute Gasteiger partial charge is 0.228 e. The summed E-state index contributed by atoms with van der Waals surface area (Å²) in [4.78, 5) is 8.97. The molecule has 1 aromatic heterocycles. The van der Waals surface area contributed by atoms with E-state index in [9.17, 15) is 0 Å². The number of nitrogens with one attached hydrogen (secondary N) is 2. The zero-order valence-electron chi connectivity index (χ0n) is 14.3. The molecule has 1 heterocycles. The molecule has 3 rings (SSSR count). The zero-order valence-corrected chi connectivity index (χ0v) is 17.4. The summed E-state index contributed by atoms with van der Waals surface area (Å²) in [6.45, 7) is 5.72. The lowest BCUT2D eigenvalue weighted by Gasteiger charge is -2.10. The van der Waals surface area contributed by atoms with Crippen molar-refractivity contribution in [3.63, 3.8) is 0 Å². The summed E-state index contributed by atoms with van der Waals surface area (Å²) < 4.78 is 5.30. The predicted molar refractivity (Wildman–Crippen MR) is 111 cm³/mol. The predicted octanol–water partition coefficient (Wildman–Crippen LogP) is 3.51. The van der Waals surface area contributed by atoms with E-state index in [1.165, 1.54) is 6.42 Å². The van der Waals surface area contributed by atoms with Crippen LogP contribution in [0.4, 0.5) is 0 Å². The average molecular weight is 476 g/mol. The first kappa shape index (κ1) is 20.0. The minimum Gasteiger partial charge on any atom is -0.357 e. The van der Waals surface area contributed by atoms with E-state index in [0.717, 1.165) is 24.0 Å². The average Bonchev–Trinajstić information content (AvgIpc) is 3.06. The highest BCUT2D eigenvalue weighted by atomic mass is 127. The van der Waals surface area contributed by atoms with E-state index in [1.54, 1.807) is 0 Å². The van der Waals surface area contributed by atoms with Gasteiger partial charge >= 0.3 is 0 Å². The summed E-state index contributed by atoms with van der Waals surface area (Å²) in [7, 11) is 0. The second-order valence-corrected chi connectivity index (χ2v) is 6.43. The number of halogens is 2. The SMILES string of the molecule is CCNC(=NCCc1nc(-c2cccc(Cl)c2)no1)NC1CC1C.I. The van der Waals surface area contributed by atoms with Crippen molar-refractivity contribution < 1.29 is 4.52 Å². The molecule has 0 aliphatic heterocycles. The van der Waals surface area contributed by atoms with Crippen LogP contribution < -0.4 is 10.6 Å². The fraction of sp³-hybridized carbons (Fsp3) is 0.471. The molecule has 136 valence electrons. The van der Waals surface area contributed by atoms with Gasteiger partial charge in [-0.25, -0.2) is 0 Å². The molecular formula is C17H23ClIN5O. The number of hydrogen-bond acceptors (Lipinski definition) is 4. The summed E-state index contributed by atoms with van der Waals surface area (Å²) in [6, 6.07) is 7.95. The number of rotatable bonds is 6. The molecule has 25 heavy (non-hydrogen) atoms. The number of aromatic nitrogens is 2. The van der Waals surface area contributed by atoms with Gasteiger partial charge in [-0.3, -0.25) is 4.99 Å². The molecule has 2 atom stereocenters. The molecule has 8 heteroatoms. The van der Waals surface area contributed by atoms with Crippen molar-refractivity contribution in [2.24, 2.45) is 10.9 Å². The minimum absolute atomic E-state index is 0. The number of hydrogen-bond donors (Lipinski definition) is 2. The van der Waals surface area contributed by atoms with E-state index in [4.69, 9.17) is 16.1 Å². The molecule has 1 saturated carbocycles. The second-order valence-electron chi connectivity index (χ2n) is 6.00. The summed E-state index contributed by atoms with van der Waals surface area (Å²) >= 11 is 5.99. The van der Waals surface area contributed by atoms with E-state index in [2.05, 4.69) is 39.6 Å². The van der Waals surface area contributed by atoms with Crippen LogP contribution in [0.15, 0.2) is 33.8 Å². The monoisotopic (exact) mass is 475 g/mol. The first-order valence-electron chi connectivity index (χ1n) is 8.29. The zero-order chi connectivity index (χ0) is 16.9. The van der Waals surface area contributed by atoms with Gasteiger partial charge in [-0.15, -0.1) is 24.0 Å². The van der Waals surface area contributed by atoms with Gasteiger partial charge in [0.25, 0.3) is 0 Å². The Morgan fingerprint density at radius 2 is 2.24 bits per heavy atom. The fourth-order valence-corrected chi connectivity index (χ4v) is 2.57. The molecule has 1 aliphatic rings. The van der Waals surface area contributed by atoms with Gasteiger partial charge in [0.2, 0.25) is 11.7 Å². The standard InChI is InChI=1S/C17H22ClN5O.HI/c1-3-19-17(21-14-9-11(14)2)20-8-7-15-22-16(23-24-15)12-5-4-6-13(18)10-12;/h4-6,10-11,14H,3,7-9H2,1-2H3,(H2,19,20,21);1H. The van der Waals surface area contributed by atoms with Crippen LogP contribution in [0, 0.1) is 5.92 Å². The Labute approximate surface area is 169 Å². The van der Waals surface area contributed by atoms with E-state index >= 15 is 0 Å². The highest BCUT2D eigenvalue weighted by Gasteiger charge is 2.33. The van der Waals surface area contributed by atoms with Crippen LogP contribution in [0.3, 0.4) is 0 Å². The maximum atomic E-state index is 5.99. The molecule has 0 amide bonds. The molecule has 1 aliphatic carbocycles. The number of nitrogens with zero attached hydrogens (tertiary/aromatic N) is 3. The van der Waals surface area contributed by atoms with E-state index < -0.39 is 0 Å². The van der Waals surface area contributed by atoms with Gasteiger partial charge in [0.15, 0.2) is 5.96 Å². The number of aliphatic imine (C=N–C) groups is 1. The lowest BCUT2D eigenvalue weighted by molar-refractivity contribution is 0.380. The molecule has 0 bridgehead atoms. The minimum atomic E-state index is 0. The normalized spacial score (nSPS) is 19.2. The Hall–Kier alpha value is -1.35. The van der Waals surface area contributed by atoms with Crippen molar-refractivity contribution in [1.29, 1.82) is 0 Å². The van der Waals surface area contributed by atoms with Gasteiger partial charge in [0.1, 0.15) is 0 Å². The molecule has 1 aromatic carbocycles. The van der Waals surface area contributed by atoms with Gasteiger partial charge in [-0.05, 0) is 31.4 Å². The largest absolute Gasteiger partial charge is 0.357 e. The molecule has 0 radical (unpaired) electrons. The van der Waals surface area contributed by atoms with Gasteiger partial charge < -0.3 is 15.2 Å². The van der Waals surface area contributed by atoms with Crippen molar-refractivity contribution in [3.8, 4) is 11.4 Å². The van der Waals surface area contributed by atoms with Crippen LogP contribution in [0.2, 0.25) is 5.02 Å². The third-order valence-corrected chi connectivity index (χ3v) is 4.16. The van der Waals surface area contributed by atoms with Crippen molar-refractivity contribution in [2.75, 3.05) is 13.1 Å². The van der Waals surface area contributed by atoms with Gasteiger partial charge in [-0.2, -0.15) is 4.98 Å². The van der Waals surface area contributed by atoms with Crippen molar-refractivity contribution in [2.45, 2.75) is 32.7 Å². The Morgan fingerprint density at radius 3 is 2.92 bits per heavy atom. The molecule has 6 nitrogen and oxygen atoms in total. The van der Waals surface area contributed by atoms with Crippen molar-refractivity contribution in [3.05, 3.63) is 35.2 Å². The van der Waals surface area contributed by atoms with Crippen LogP contribution in [-0.2, 0) is 6.42 Å². The maximum absolute atomic E-state index is 5.99. The van der Waals surface area contributed by atoms with Gasteiger partial charge in [0, 0.05) is 29.6 Å². The lowest BCUT2D eigenvalue weighted by atomic mass is 10.2. The highest BCUT2D eigenvalue weighted by Crippen LogP contribution is 2.28. The van der Waals surface area contributed by atoms with Crippen LogP contribution >= 0.6 is 35.6 Å². The fourth-order valence-electron chi connectivity index (χ4n) is 2.38.